The summed E-state index contributed by atoms with van der Waals surface area (Å²) in [6.45, 7) is 3.98. The fourth-order valence-corrected chi connectivity index (χ4v) is 3.01. The van der Waals surface area contributed by atoms with E-state index in [2.05, 4.69) is 0 Å². The Bertz CT molecular complexity index is 360. The molecule has 0 N–H and O–H groups in total. The maximum absolute atomic E-state index is 12.0. The molecule has 100 valence electrons. The maximum atomic E-state index is 12.0. The Kier molecular flexibility index (Phi) is 4.94. The number of amides is 1. The zero-order valence-electron chi connectivity index (χ0n) is 10.7. The van der Waals surface area contributed by atoms with Gasteiger partial charge in [0, 0.05) is 25.4 Å². The van der Waals surface area contributed by atoms with Crippen LogP contribution in [-0.2, 0) is 19.4 Å². The molecule has 17 heavy (non-hydrogen) atoms. The molecule has 1 amide bonds. The van der Waals surface area contributed by atoms with E-state index in [0.717, 1.165) is 12.8 Å². The Morgan fingerprint density at radius 1 is 1.53 bits per heavy atom. The number of hydrogen-bond acceptors (Lipinski definition) is 4. The van der Waals surface area contributed by atoms with Gasteiger partial charge in [0.25, 0.3) is 5.91 Å². The summed E-state index contributed by atoms with van der Waals surface area (Å²) in [6, 6.07) is -0.309. The second-order valence-corrected chi connectivity index (χ2v) is 6.90. The molecule has 0 unspecified atom stereocenters. The van der Waals surface area contributed by atoms with Gasteiger partial charge in [0.2, 0.25) is 0 Å². The van der Waals surface area contributed by atoms with E-state index in [-0.39, 0.29) is 29.6 Å². The summed E-state index contributed by atoms with van der Waals surface area (Å²) in [5, 5.41) is 0. The van der Waals surface area contributed by atoms with Gasteiger partial charge in [0.15, 0.2) is 9.84 Å². The topological polar surface area (TPSA) is 63.7 Å². The maximum Gasteiger partial charge on any atom is 0.251 e. The molecule has 0 bridgehead atoms. The molecular weight excluding hydrogens is 242 g/mol. The smallest absolute Gasteiger partial charge is 0.251 e. The average Bonchev–Trinajstić information content (AvgIpc) is 2.80. The van der Waals surface area contributed by atoms with Gasteiger partial charge in [-0.2, -0.15) is 0 Å². The first-order valence-corrected chi connectivity index (χ1v) is 7.78. The van der Waals surface area contributed by atoms with Gasteiger partial charge in [-0.15, -0.1) is 0 Å². The summed E-state index contributed by atoms with van der Waals surface area (Å²) in [5.41, 5.74) is 0. The number of hydrogen-bond donors (Lipinski definition) is 0. The average molecular weight is 263 g/mol. The fourth-order valence-electron chi connectivity index (χ4n) is 1.81. The van der Waals surface area contributed by atoms with Crippen LogP contribution in [0.25, 0.3) is 0 Å². The van der Waals surface area contributed by atoms with E-state index in [0.29, 0.717) is 6.61 Å². The third kappa shape index (κ3) is 3.96. The molecule has 1 aliphatic heterocycles. The number of ether oxygens (including phenoxy) is 1. The molecule has 1 fully saturated rings. The van der Waals surface area contributed by atoms with E-state index in [1.165, 1.54) is 4.90 Å². The van der Waals surface area contributed by atoms with Crippen LogP contribution in [0.1, 0.15) is 26.7 Å². The van der Waals surface area contributed by atoms with Gasteiger partial charge in [-0.3, -0.25) is 4.79 Å². The highest BCUT2D eigenvalue weighted by Gasteiger charge is 2.29. The summed E-state index contributed by atoms with van der Waals surface area (Å²) >= 11 is 0. The Morgan fingerprint density at radius 2 is 2.18 bits per heavy atom. The van der Waals surface area contributed by atoms with Crippen molar-refractivity contribution in [1.82, 2.24) is 4.90 Å². The molecule has 0 aromatic carbocycles. The summed E-state index contributed by atoms with van der Waals surface area (Å²) < 4.78 is 28.3. The minimum Gasteiger partial charge on any atom is -0.368 e. The molecule has 0 saturated carbocycles. The molecule has 0 aromatic heterocycles. The summed E-state index contributed by atoms with van der Waals surface area (Å²) in [4.78, 5) is 13.5. The van der Waals surface area contributed by atoms with Crippen LogP contribution in [-0.4, -0.2) is 56.5 Å². The van der Waals surface area contributed by atoms with Crippen molar-refractivity contribution in [3.05, 3.63) is 0 Å². The number of sulfone groups is 1. The SMILES string of the molecule is CCS(=O)(=O)C[C@H](C)N(C)C(=O)[C@H]1CCCO1. The van der Waals surface area contributed by atoms with Crippen molar-refractivity contribution < 1.29 is 17.9 Å². The molecule has 1 aliphatic rings. The van der Waals surface area contributed by atoms with Crippen molar-refractivity contribution >= 4 is 15.7 Å². The second kappa shape index (κ2) is 5.82. The molecule has 0 aliphatic carbocycles. The predicted molar refractivity (Wildman–Crippen MR) is 65.5 cm³/mol. The molecule has 1 rings (SSSR count). The van der Waals surface area contributed by atoms with E-state index >= 15 is 0 Å². The van der Waals surface area contributed by atoms with Gasteiger partial charge in [-0.25, -0.2) is 8.42 Å². The van der Waals surface area contributed by atoms with Gasteiger partial charge in [0.05, 0.1) is 5.75 Å². The lowest BCUT2D eigenvalue weighted by Crippen LogP contribution is -2.44. The van der Waals surface area contributed by atoms with Gasteiger partial charge >= 0.3 is 0 Å². The van der Waals surface area contributed by atoms with Gasteiger partial charge in [0.1, 0.15) is 6.10 Å². The Morgan fingerprint density at radius 3 is 2.65 bits per heavy atom. The second-order valence-electron chi connectivity index (χ2n) is 4.50. The number of rotatable bonds is 5. The first-order chi connectivity index (χ1) is 7.87. The van der Waals surface area contributed by atoms with E-state index in [4.69, 9.17) is 4.74 Å². The normalized spacial score (nSPS) is 22.4. The van der Waals surface area contributed by atoms with Crippen LogP contribution in [0, 0.1) is 0 Å². The highest BCUT2D eigenvalue weighted by Crippen LogP contribution is 2.15. The van der Waals surface area contributed by atoms with Crippen molar-refractivity contribution in [2.24, 2.45) is 0 Å². The van der Waals surface area contributed by atoms with E-state index < -0.39 is 9.84 Å². The lowest BCUT2D eigenvalue weighted by atomic mass is 10.2. The minimum atomic E-state index is -3.06. The van der Waals surface area contributed by atoms with Crippen molar-refractivity contribution in [2.45, 2.75) is 38.8 Å². The van der Waals surface area contributed by atoms with Crippen LogP contribution >= 0.6 is 0 Å². The van der Waals surface area contributed by atoms with Crippen LogP contribution in [0.2, 0.25) is 0 Å². The molecule has 0 radical (unpaired) electrons. The lowest BCUT2D eigenvalue weighted by molar-refractivity contribution is -0.141. The van der Waals surface area contributed by atoms with Crippen LogP contribution < -0.4 is 0 Å². The standard InChI is InChI=1S/C11H21NO4S/c1-4-17(14,15)8-9(2)12(3)11(13)10-6-5-7-16-10/h9-10H,4-8H2,1-3H3/t9-,10+/m0/s1. The van der Waals surface area contributed by atoms with Crippen LogP contribution in [0.15, 0.2) is 0 Å². The van der Waals surface area contributed by atoms with Crippen LogP contribution in [0.3, 0.4) is 0 Å². The van der Waals surface area contributed by atoms with Crippen molar-refractivity contribution in [1.29, 1.82) is 0 Å². The van der Waals surface area contributed by atoms with Gasteiger partial charge in [-0.1, -0.05) is 6.92 Å². The Labute approximate surface area is 103 Å². The Balaban J connectivity index is 2.56. The number of carbonyl (C=O) groups excluding carboxylic acids is 1. The fraction of sp³-hybridized carbons (Fsp3) is 0.909. The highest BCUT2D eigenvalue weighted by molar-refractivity contribution is 7.91. The quantitative estimate of drug-likeness (QED) is 0.722. The molecule has 0 aromatic rings. The highest BCUT2D eigenvalue weighted by atomic mass is 32.2. The lowest BCUT2D eigenvalue weighted by Gasteiger charge is -2.26. The number of likely N-dealkylation sites (N-methyl/N-ethyl adjacent to an activating group) is 1. The van der Waals surface area contributed by atoms with Crippen molar-refractivity contribution in [3.8, 4) is 0 Å². The first kappa shape index (κ1) is 14.4. The van der Waals surface area contributed by atoms with E-state index in [9.17, 15) is 13.2 Å². The zero-order chi connectivity index (χ0) is 13.1. The first-order valence-electron chi connectivity index (χ1n) is 5.96. The van der Waals surface area contributed by atoms with Crippen molar-refractivity contribution in [3.63, 3.8) is 0 Å². The molecule has 6 heteroatoms. The Hall–Kier alpha value is -0.620. The summed E-state index contributed by atoms with van der Waals surface area (Å²) in [6.07, 6.45) is 1.24. The van der Waals surface area contributed by atoms with Crippen LogP contribution in [0.4, 0.5) is 0 Å². The summed E-state index contributed by atoms with van der Waals surface area (Å²) in [7, 11) is -1.42. The number of carbonyl (C=O) groups is 1. The molecule has 5 nitrogen and oxygen atoms in total. The van der Waals surface area contributed by atoms with Gasteiger partial charge in [-0.05, 0) is 19.8 Å². The summed E-state index contributed by atoms with van der Waals surface area (Å²) in [5.74, 6) is 0.0129. The largest absolute Gasteiger partial charge is 0.368 e. The van der Waals surface area contributed by atoms with Crippen LogP contribution in [0.5, 0.6) is 0 Å². The number of nitrogens with zero attached hydrogens (tertiary/aromatic N) is 1. The third-order valence-electron chi connectivity index (χ3n) is 3.15. The van der Waals surface area contributed by atoms with Crippen molar-refractivity contribution in [2.75, 3.05) is 25.2 Å². The molecule has 2 atom stereocenters. The molecular formula is C11H21NO4S. The molecule has 1 saturated heterocycles. The van der Waals surface area contributed by atoms with Gasteiger partial charge < -0.3 is 9.64 Å². The zero-order valence-corrected chi connectivity index (χ0v) is 11.5. The predicted octanol–water partition coefficient (Wildman–Crippen LogP) is 0.447. The third-order valence-corrected chi connectivity index (χ3v) is 5.02. The van der Waals surface area contributed by atoms with E-state index in [1.807, 2.05) is 0 Å². The minimum absolute atomic E-state index is 0.0124. The monoisotopic (exact) mass is 263 g/mol. The van der Waals surface area contributed by atoms with E-state index in [1.54, 1.807) is 20.9 Å². The molecule has 1 heterocycles. The molecule has 0 spiro atoms.